The van der Waals surface area contributed by atoms with Crippen LogP contribution in [0.15, 0.2) is 0 Å². The van der Waals surface area contributed by atoms with E-state index in [0.29, 0.717) is 0 Å². The van der Waals surface area contributed by atoms with Crippen LogP contribution in [0.1, 0.15) is 175 Å². The van der Waals surface area contributed by atoms with Crippen molar-refractivity contribution in [2.75, 3.05) is 0 Å². The number of unbranched alkanes of at least 4 members (excludes halogenated alkanes) is 21. The van der Waals surface area contributed by atoms with Gasteiger partial charge in [-0.3, -0.25) is 0 Å². The minimum absolute atomic E-state index is 0. The van der Waals surface area contributed by atoms with Crippen LogP contribution in [-0.4, -0.2) is 14.1 Å². The zero-order valence-corrected chi connectivity index (χ0v) is 25.0. The molecule has 0 aliphatic rings. The molecule has 32 heavy (non-hydrogen) atoms. The highest BCUT2D eigenvalue weighted by Gasteiger charge is 2.15. The van der Waals surface area contributed by atoms with E-state index in [1.54, 1.807) is 35.1 Å². The molecule has 0 nitrogen and oxygen atoms in total. The number of rotatable bonds is 27. The van der Waals surface area contributed by atoms with Crippen LogP contribution in [0.5, 0.6) is 0 Å². The summed E-state index contributed by atoms with van der Waals surface area (Å²) in [5, 5.41) is 5.01. The van der Waals surface area contributed by atoms with Crippen molar-refractivity contribution in [2.24, 2.45) is 0 Å². The zero-order valence-electron chi connectivity index (χ0n) is 23.1. The molecule has 0 radical (unpaired) electrons. The van der Waals surface area contributed by atoms with Crippen LogP contribution in [0.4, 0.5) is 0 Å². The van der Waals surface area contributed by atoms with Gasteiger partial charge in [0.1, 0.15) is 0 Å². The first-order valence-corrected chi connectivity index (χ1v) is 17.8. The first kappa shape index (κ1) is 35.0. The van der Waals surface area contributed by atoms with Gasteiger partial charge in [-0.1, -0.05) is 191 Å². The molecule has 0 aromatic heterocycles. The summed E-state index contributed by atoms with van der Waals surface area (Å²) in [6.07, 6.45) is 35.7. The van der Waals surface area contributed by atoms with Gasteiger partial charge in [0.15, 0.2) is 0 Å². The summed E-state index contributed by atoms with van der Waals surface area (Å²) >= 11 is -0.444. The summed E-state index contributed by atoms with van der Waals surface area (Å²) in [5.41, 5.74) is 0. The van der Waals surface area contributed by atoms with E-state index in [4.69, 9.17) is 0 Å². The Hall–Kier alpha value is 0.822. The third-order valence-electron chi connectivity index (χ3n) is 7.40. The molecule has 0 rings (SSSR count). The van der Waals surface area contributed by atoms with Crippen molar-refractivity contribution in [3.8, 4) is 0 Å². The van der Waals surface area contributed by atoms with Crippen molar-refractivity contribution in [3.63, 3.8) is 0 Å². The number of halogens is 1. The molecule has 0 N–H and O–H groups in total. The quantitative estimate of drug-likeness (QED) is 0.0799. The molecular formula is C30H64AlCl. The maximum Gasteiger partial charge on any atom is 0.261 e. The Morgan fingerprint density at radius 1 is 0.281 bits per heavy atom. The lowest BCUT2D eigenvalue weighted by atomic mass is 10.1. The second-order valence-corrected chi connectivity index (χ2v) is 14.1. The lowest BCUT2D eigenvalue weighted by Gasteiger charge is -2.12. The third-order valence-corrected chi connectivity index (χ3v) is 11.1. The fourth-order valence-electron chi connectivity index (χ4n) is 5.13. The highest BCUT2D eigenvalue weighted by Crippen LogP contribution is 2.21. The minimum atomic E-state index is -0.444. The van der Waals surface area contributed by atoms with Crippen LogP contribution in [0, 0.1) is 0 Å². The smallest absolute Gasteiger partial charge is 0.147 e. The van der Waals surface area contributed by atoms with Gasteiger partial charge in [-0.15, -0.1) is 12.4 Å². The first-order chi connectivity index (χ1) is 15.3. The average Bonchev–Trinajstić information content (AvgIpc) is 2.78. The van der Waals surface area contributed by atoms with E-state index in [1.807, 2.05) is 0 Å². The summed E-state index contributed by atoms with van der Waals surface area (Å²) in [7, 11) is 0. The fraction of sp³-hybridized carbons (Fsp3) is 1.00. The second kappa shape index (κ2) is 31.8. The Labute approximate surface area is 216 Å². The molecule has 2 heteroatoms. The van der Waals surface area contributed by atoms with E-state index in [2.05, 4.69) is 20.8 Å². The summed E-state index contributed by atoms with van der Waals surface area (Å²) in [4.78, 5) is 0. The molecule has 0 saturated carbocycles. The van der Waals surface area contributed by atoms with Crippen LogP contribution >= 0.6 is 12.4 Å². The van der Waals surface area contributed by atoms with Crippen molar-refractivity contribution in [1.29, 1.82) is 0 Å². The Morgan fingerprint density at radius 3 is 0.688 bits per heavy atom. The maximum absolute atomic E-state index is 2.32. The van der Waals surface area contributed by atoms with Gasteiger partial charge < -0.3 is 0 Å². The highest BCUT2D eigenvalue weighted by molar-refractivity contribution is 6.58. The van der Waals surface area contributed by atoms with Crippen molar-refractivity contribution < 1.29 is 0 Å². The normalized spacial score (nSPS) is 11.0. The van der Waals surface area contributed by atoms with Gasteiger partial charge in [0.25, 0.3) is 14.1 Å². The molecular weight excluding hydrogens is 423 g/mol. The van der Waals surface area contributed by atoms with E-state index in [9.17, 15) is 0 Å². The number of hydrogen-bond acceptors (Lipinski definition) is 0. The second-order valence-electron chi connectivity index (χ2n) is 10.7. The molecule has 0 heterocycles. The zero-order chi connectivity index (χ0) is 22.7. The predicted molar refractivity (Wildman–Crippen MR) is 155 cm³/mol. The molecule has 0 aromatic rings. The Morgan fingerprint density at radius 2 is 0.469 bits per heavy atom. The lowest BCUT2D eigenvalue weighted by Crippen LogP contribution is -2.12. The molecule has 0 saturated heterocycles. The summed E-state index contributed by atoms with van der Waals surface area (Å²) in [6, 6.07) is 0. The average molecular weight is 487 g/mol. The summed E-state index contributed by atoms with van der Waals surface area (Å²) < 4.78 is 0. The molecule has 0 aliphatic carbocycles. The van der Waals surface area contributed by atoms with Gasteiger partial charge in [-0.25, -0.2) is 0 Å². The van der Waals surface area contributed by atoms with E-state index in [0.717, 1.165) is 0 Å². The van der Waals surface area contributed by atoms with E-state index < -0.39 is 14.1 Å². The van der Waals surface area contributed by atoms with Gasteiger partial charge in [0.05, 0.1) is 0 Å². The van der Waals surface area contributed by atoms with Gasteiger partial charge in [-0.2, -0.15) is 0 Å². The van der Waals surface area contributed by atoms with Crippen LogP contribution in [0.2, 0.25) is 15.8 Å². The van der Waals surface area contributed by atoms with Crippen molar-refractivity contribution in [2.45, 2.75) is 191 Å². The Kier molecular flexibility index (Phi) is 34.8. The maximum atomic E-state index is 2.32. The molecule has 0 aliphatic heterocycles. The lowest BCUT2D eigenvalue weighted by molar-refractivity contribution is 0.577. The fourth-order valence-corrected chi connectivity index (χ4v) is 8.60. The Balaban J connectivity index is 0. The molecule has 0 unspecified atom stereocenters. The van der Waals surface area contributed by atoms with Crippen LogP contribution < -0.4 is 0 Å². The predicted octanol–water partition coefficient (Wildman–Crippen LogP) is 12.3. The topological polar surface area (TPSA) is 0 Å². The Bertz CT molecular complexity index is 260. The molecule has 0 atom stereocenters. The van der Waals surface area contributed by atoms with Crippen molar-refractivity contribution in [3.05, 3.63) is 0 Å². The molecule has 0 spiro atoms. The van der Waals surface area contributed by atoms with Gasteiger partial charge in [0.2, 0.25) is 0 Å². The van der Waals surface area contributed by atoms with E-state index in [-0.39, 0.29) is 12.4 Å². The van der Waals surface area contributed by atoms with Gasteiger partial charge >= 0.3 is 0 Å². The molecule has 0 bridgehead atoms. The van der Waals surface area contributed by atoms with Crippen LogP contribution in [0.25, 0.3) is 0 Å². The monoisotopic (exact) mass is 486 g/mol. The summed E-state index contributed by atoms with van der Waals surface area (Å²) in [5.74, 6) is 0. The standard InChI is InChI=1S/3C10H21.Al.ClH/c3*1-3-5-7-9-10-8-6-4-2;;/h3*1,3-10H2,2H3;;1H. The third kappa shape index (κ3) is 28.9. The first-order valence-electron chi connectivity index (χ1n) is 15.3. The SMILES string of the molecule is CCCCCCCCC[CH2][Al]([CH2]CCCCCCCCC)[CH2]CCCCCCCCC.Cl. The molecule has 194 valence electrons. The van der Waals surface area contributed by atoms with Crippen molar-refractivity contribution in [1.82, 2.24) is 0 Å². The largest absolute Gasteiger partial charge is 0.261 e. The molecule has 0 fully saturated rings. The van der Waals surface area contributed by atoms with E-state index >= 15 is 0 Å². The minimum Gasteiger partial charge on any atom is -0.147 e. The van der Waals surface area contributed by atoms with Crippen molar-refractivity contribution >= 4 is 26.6 Å². The van der Waals surface area contributed by atoms with Crippen LogP contribution in [0.3, 0.4) is 0 Å². The summed E-state index contributed by atoms with van der Waals surface area (Å²) in [6.45, 7) is 6.97. The molecule has 0 aromatic carbocycles. The highest BCUT2D eigenvalue weighted by atomic mass is 35.5. The van der Waals surface area contributed by atoms with E-state index in [1.165, 1.54) is 135 Å². The molecule has 0 amide bonds. The number of hydrogen-bond donors (Lipinski definition) is 0. The van der Waals surface area contributed by atoms with Gasteiger partial charge in [-0.05, 0) is 0 Å². The van der Waals surface area contributed by atoms with Crippen LogP contribution in [-0.2, 0) is 0 Å². The van der Waals surface area contributed by atoms with Gasteiger partial charge in [0, 0.05) is 0 Å².